The maximum Gasteiger partial charge on any atom is 0.272 e. The summed E-state index contributed by atoms with van der Waals surface area (Å²) in [6, 6.07) is 27.7. The standard InChI is InChI=1S/C31H24N2O3S2/c1-3-18-33-30(35)28(38-31(33)23-25(34)21-16-10-11-17-22(21)26(23)36-2)29-32-24(19-12-6-4-7-13-19)27(37-29)20-14-8-5-9-15-20/h3-17,26,32H,1,18H2,2H3. The van der Waals surface area contributed by atoms with Crippen molar-refractivity contribution in [3.05, 3.63) is 139 Å². The van der Waals surface area contributed by atoms with E-state index in [9.17, 15) is 9.59 Å². The number of hydrogen-bond donors (Lipinski definition) is 1. The SMILES string of the molecule is C=CCn1c(=C2C(=O)c3ccccc3C2OC)sc(=C2NC(c3ccccc3)=C(c3ccccc3)S2)c1=O. The van der Waals surface area contributed by atoms with Gasteiger partial charge in [-0.05, 0) is 16.7 Å². The Kier molecular flexibility index (Phi) is 6.49. The molecule has 1 N–H and O–H groups in total. The number of allylic oxidation sites excluding steroid dienone is 1. The molecule has 0 spiro atoms. The Morgan fingerprint density at radius 1 is 0.947 bits per heavy atom. The van der Waals surface area contributed by atoms with Crippen LogP contribution in [0.5, 0.6) is 0 Å². The molecule has 1 aromatic heterocycles. The third kappa shape index (κ3) is 4.00. The van der Waals surface area contributed by atoms with Crippen LogP contribution in [-0.4, -0.2) is 17.5 Å². The average Bonchev–Trinajstić information content (AvgIpc) is 3.62. The van der Waals surface area contributed by atoms with E-state index in [0.29, 0.717) is 20.3 Å². The lowest BCUT2D eigenvalue weighted by molar-refractivity contribution is 0.103. The number of Topliss-reactive ketones (excluding diaryl/α,β-unsaturated/α-hetero) is 1. The molecule has 1 atom stereocenters. The lowest BCUT2D eigenvalue weighted by atomic mass is 10.1. The van der Waals surface area contributed by atoms with Crippen molar-refractivity contribution in [2.45, 2.75) is 12.6 Å². The summed E-state index contributed by atoms with van der Waals surface area (Å²) in [4.78, 5) is 28.4. The molecule has 1 aliphatic heterocycles. The molecule has 188 valence electrons. The van der Waals surface area contributed by atoms with Crippen molar-refractivity contribution in [2.24, 2.45) is 0 Å². The van der Waals surface area contributed by atoms with Crippen LogP contribution >= 0.6 is 23.1 Å². The molecule has 3 aromatic carbocycles. The third-order valence-electron chi connectivity index (χ3n) is 6.63. The molecule has 2 aliphatic rings. The number of fused-ring (bicyclic) bond motifs is 1. The number of rotatable bonds is 5. The maximum absolute atomic E-state index is 13.9. The number of ketones is 1. The van der Waals surface area contributed by atoms with E-state index in [4.69, 9.17) is 4.74 Å². The maximum atomic E-state index is 13.9. The molecule has 5 nitrogen and oxygen atoms in total. The Morgan fingerprint density at radius 3 is 2.29 bits per heavy atom. The molecule has 0 bridgehead atoms. The number of hydrogen-bond acceptors (Lipinski definition) is 6. The molecule has 1 aliphatic carbocycles. The van der Waals surface area contributed by atoms with Crippen LogP contribution in [0.25, 0.3) is 21.2 Å². The van der Waals surface area contributed by atoms with Gasteiger partial charge in [-0.3, -0.25) is 14.2 Å². The zero-order chi connectivity index (χ0) is 26.2. The van der Waals surface area contributed by atoms with Gasteiger partial charge in [0.05, 0.1) is 11.3 Å². The summed E-state index contributed by atoms with van der Waals surface area (Å²) < 4.78 is 8.59. The number of ether oxygens (including phenoxy) is 1. The topological polar surface area (TPSA) is 60.3 Å². The second-order valence-corrected chi connectivity index (χ2v) is 10.9. The molecule has 4 aromatic rings. The highest BCUT2D eigenvalue weighted by atomic mass is 32.2. The van der Waals surface area contributed by atoms with Crippen LogP contribution in [0.4, 0.5) is 0 Å². The van der Waals surface area contributed by atoms with Gasteiger partial charge < -0.3 is 10.1 Å². The van der Waals surface area contributed by atoms with E-state index in [0.717, 1.165) is 32.3 Å². The summed E-state index contributed by atoms with van der Waals surface area (Å²) in [5, 5.41) is 4.29. The first-order valence-corrected chi connectivity index (χ1v) is 13.8. The summed E-state index contributed by atoms with van der Waals surface area (Å²) in [5.41, 5.74) is 4.82. The minimum Gasteiger partial charge on any atom is -0.372 e. The van der Waals surface area contributed by atoms with Crippen LogP contribution in [-0.2, 0) is 11.3 Å². The van der Waals surface area contributed by atoms with E-state index in [-0.39, 0.29) is 17.9 Å². The first-order chi connectivity index (χ1) is 18.6. The first-order valence-electron chi connectivity index (χ1n) is 12.2. The fourth-order valence-electron chi connectivity index (χ4n) is 4.91. The molecule has 7 heteroatoms. The van der Waals surface area contributed by atoms with Crippen molar-refractivity contribution in [3.63, 3.8) is 0 Å². The van der Waals surface area contributed by atoms with Gasteiger partial charge in [0, 0.05) is 24.1 Å². The number of carbonyl (C=O) groups excluding carboxylic acids is 1. The Hall–Kier alpha value is -3.91. The lowest BCUT2D eigenvalue weighted by Gasteiger charge is -2.10. The Morgan fingerprint density at radius 2 is 1.61 bits per heavy atom. The molecule has 0 saturated carbocycles. The Bertz CT molecular complexity index is 1730. The summed E-state index contributed by atoms with van der Waals surface area (Å²) in [5.74, 6) is -0.108. The zero-order valence-electron chi connectivity index (χ0n) is 20.6. The molecule has 38 heavy (non-hydrogen) atoms. The highest BCUT2D eigenvalue weighted by Crippen LogP contribution is 2.44. The summed E-state index contributed by atoms with van der Waals surface area (Å²) in [6.45, 7) is 4.14. The summed E-state index contributed by atoms with van der Waals surface area (Å²) >= 11 is 2.87. The first kappa shape index (κ1) is 24.4. The molecule has 0 radical (unpaired) electrons. The fourth-order valence-corrected chi connectivity index (χ4v) is 7.33. The number of thioether (sulfide) groups is 1. The average molecular weight is 537 g/mol. The molecule has 1 unspecified atom stereocenters. The summed E-state index contributed by atoms with van der Waals surface area (Å²) in [6.07, 6.45) is 1.15. The van der Waals surface area contributed by atoms with Crippen molar-refractivity contribution >= 4 is 50.1 Å². The molecule has 0 fully saturated rings. The highest BCUT2D eigenvalue weighted by Gasteiger charge is 2.36. The predicted octanol–water partition coefficient (Wildman–Crippen LogP) is 4.76. The van der Waals surface area contributed by atoms with E-state index in [2.05, 4.69) is 36.2 Å². The lowest BCUT2D eigenvalue weighted by Crippen LogP contribution is -2.34. The van der Waals surface area contributed by atoms with E-state index in [1.54, 1.807) is 29.5 Å². The van der Waals surface area contributed by atoms with Crippen LogP contribution in [0.2, 0.25) is 0 Å². The van der Waals surface area contributed by atoms with Gasteiger partial charge in [0.15, 0.2) is 5.78 Å². The van der Waals surface area contributed by atoms with Crippen LogP contribution in [0.15, 0.2) is 102 Å². The van der Waals surface area contributed by atoms with Gasteiger partial charge in [-0.1, -0.05) is 103 Å². The van der Waals surface area contributed by atoms with Crippen LogP contribution in [0, 0.1) is 0 Å². The minimum absolute atomic E-state index is 0.108. The number of nitrogens with zero attached hydrogens (tertiary/aromatic N) is 1. The van der Waals surface area contributed by atoms with Crippen molar-refractivity contribution in [3.8, 4) is 0 Å². The van der Waals surface area contributed by atoms with Gasteiger partial charge in [0.25, 0.3) is 5.56 Å². The quantitative estimate of drug-likeness (QED) is 0.373. The largest absolute Gasteiger partial charge is 0.372 e. The van der Waals surface area contributed by atoms with Crippen LogP contribution in [0.3, 0.4) is 0 Å². The zero-order valence-corrected chi connectivity index (χ0v) is 22.3. The number of benzene rings is 3. The van der Waals surface area contributed by atoms with Crippen LogP contribution in [0.1, 0.15) is 33.2 Å². The van der Waals surface area contributed by atoms with Crippen molar-refractivity contribution in [1.29, 1.82) is 0 Å². The van der Waals surface area contributed by atoms with Crippen molar-refractivity contribution in [2.75, 3.05) is 7.11 Å². The fraction of sp³-hybridized carbons (Fsp3) is 0.0968. The normalized spacial score (nSPS) is 19.5. The van der Waals surface area contributed by atoms with Gasteiger partial charge in [-0.2, -0.15) is 0 Å². The number of methoxy groups -OCH3 is 1. The van der Waals surface area contributed by atoms with E-state index in [1.807, 2.05) is 60.7 Å². The van der Waals surface area contributed by atoms with Gasteiger partial charge >= 0.3 is 0 Å². The second kappa shape index (κ2) is 10.1. The third-order valence-corrected chi connectivity index (χ3v) is 9.13. The Balaban J connectivity index is 1.59. The summed E-state index contributed by atoms with van der Waals surface area (Å²) in [7, 11) is 1.59. The van der Waals surface area contributed by atoms with Gasteiger partial charge in [-0.25, -0.2) is 0 Å². The monoisotopic (exact) mass is 536 g/mol. The van der Waals surface area contributed by atoms with Crippen molar-refractivity contribution in [1.82, 2.24) is 9.88 Å². The number of carbonyl (C=O) groups is 1. The molecular weight excluding hydrogens is 512 g/mol. The van der Waals surface area contributed by atoms with Crippen molar-refractivity contribution < 1.29 is 9.53 Å². The number of nitrogens with one attached hydrogen (secondary N) is 1. The van der Waals surface area contributed by atoms with E-state index >= 15 is 0 Å². The minimum atomic E-state index is -0.534. The number of aromatic nitrogens is 1. The van der Waals surface area contributed by atoms with Crippen LogP contribution < -0.4 is 20.1 Å². The highest BCUT2D eigenvalue weighted by molar-refractivity contribution is 8.16. The number of thiazole rings is 1. The molecule has 2 heterocycles. The van der Waals surface area contributed by atoms with E-state index < -0.39 is 6.10 Å². The van der Waals surface area contributed by atoms with Gasteiger partial charge in [0.1, 0.15) is 20.3 Å². The molecule has 0 amide bonds. The van der Waals surface area contributed by atoms with Gasteiger partial charge in [-0.15, -0.1) is 17.9 Å². The molecular formula is C31H24N2O3S2. The smallest absolute Gasteiger partial charge is 0.272 e. The van der Waals surface area contributed by atoms with E-state index in [1.165, 1.54) is 11.3 Å². The predicted molar refractivity (Wildman–Crippen MR) is 156 cm³/mol. The second-order valence-electron chi connectivity index (χ2n) is 8.88. The molecule has 0 saturated heterocycles. The van der Waals surface area contributed by atoms with Gasteiger partial charge in [0.2, 0.25) is 0 Å². The molecule has 6 rings (SSSR count). The Labute approximate surface area is 228 Å².